The first-order chi connectivity index (χ1) is 14.7. The van der Waals surface area contributed by atoms with Crippen molar-refractivity contribution in [2.45, 2.75) is 19.4 Å². The Labute approximate surface area is 183 Å². The standard InChI is InChI=1S/C23H29ClN2O4/c24-20-6-8-21(9-7-20)29-13-2-5-23(27)25-18-19-3-1-4-22(17-19)30-16-12-26-10-14-28-15-11-26/h1,3-4,6-9,17H,2,5,10-16,18H2,(H,25,27). The van der Waals surface area contributed by atoms with Gasteiger partial charge in [-0.2, -0.15) is 0 Å². The molecule has 30 heavy (non-hydrogen) atoms. The van der Waals surface area contributed by atoms with Crippen molar-refractivity contribution in [1.29, 1.82) is 0 Å². The maximum atomic E-state index is 12.1. The SMILES string of the molecule is O=C(CCCOc1ccc(Cl)cc1)NCc1cccc(OCCN2CCOCC2)c1. The van der Waals surface area contributed by atoms with Crippen molar-refractivity contribution in [2.75, 3.05) is 46.1 Å². The van der Waals surface area contributed by atoms with E-state index in [2.05, 4.69) is 10.2 Å². The second-order valence-corrected chi connectivity index (χ2v) is 7.57. The van der Waals surface area contributed by atoms with E-state index in [1.807, 2.05) is 36.4 Å². The molecule has 0 aromatic heterocycles. The summed E-state index contributed by atoms with van der Waals surface area (Å²) in [6.45, 7) is 6.01. The molecule has 1 N–H and O–H groups in total. The average molecular weight is 433 g/mol. The molecule has 1 amide bonds. The molecule has 0 radical (unpaired) electrons. The van der Waals surface area contributed by atoms with Crippen molar-refractivity contribution < 1.29 is 19.0 Å². The zero-order chi connectivity index (χ0) is 21.0. The van der Waals surface area contributed by atoms with Gasteiger partial charge in [0.25, 0.3) is 0 Å². The van der Waals surface area contributed by atoms with E-state index in [4.69, 9.17) is 25.8 Å². The van der Waals surface area contributed by atoms with E-state index in [0.29, 0.717) is 37.6 Å². The number of nitrogens with one attached hydrogen (secondary N) is 1. The first-order valence-electron chi connectivity index (χ1n) is 10.4. The van der Waals surface area contributed by atoms with Crippen LogP contribution in [0.5, 0.6) is 11.5 Å². The third-order valence-corrected chi connectivity index (χ3v) is 5.05. The monoisotopic (exact) mass is 432 g/mol. The Morgan fingerprint density at radius 3 is 2.60 bits per heavy atom. The molecule has 3 rings (SSSR count). The summed E-state index contributed by atoms with van der Waals surface area (Å²) in [6, 6.07) is 15.1. The Balaban J connectivity index is 1.30. The molecule has 0 saturated carbocycles. The predicted octanol–water partition coefficient (Wildman–Crippen LogP) is 3.53. The Hall–Kier alpha value is -2.28. The molecule has 7 heteroatoms. The highest BCUT2D eigenvalue weighted by Crippen LogP contribution is 2.16. The van der Waals surface area contributed by atoms with Gasteiger partial charge in [0.15, 0.2) is 0 Å². The lowest BCUT2D eigenvalue weighted by Gasteiger charge is -2.26. The first-order valence-corrected chi connectivity index (χ1v) is 10.7. The smallest absolute Gasteiger partial charge is 0.220 e. The van der Waals surface area contributed by atoms with Crippen molar-refractivity contribution in [3.63, 3.8) is 0 Å². The normalized spacial score (nSPS) is 14.3. The molecule has 1 aliphatic rings. The number of benzene rings is 2. The molecular formula is C23H29ClN2O4. The third-order valence-electron chi connectivity index (χ3n) is 4.80. The maximum absolute atomic E-state index is 12.1. The van der Waals surface area contributed by atoms with E-state index < -0.39 is 0 Å². The largest absolute Gasteiger partial charge is 0.494 e. The lowest BCUT2D eigenvalue weighted by atomic mass is 10.2. The number of rotatable bonds is 11. The number of carbonyl (C=O) groups excluding carboxylic acids is 1. The molecule has 2 aromatic carbocycles. The fourth-order valence-corrected chi connectivity index (χ4v) is 3.23. The topological polar surface area (TPSA) is 60.0 Å². The van der Waals surface area contributed by atoms with Gasteiger partial charge in [-0.05, 0) is 48.4 Å². The van der Waals surface area contributed by atoms with Crippen LogP contribution in [-0.2, 0) is 16.1 Å². The van der Waals surface area contributed by atoms with Gasteiger partial charge in [-0.1, -0.05) is 23.7 Å². The lowest BCUT2D eigenvalue weighted by molar-refractivity contribution is -0.121. The van der Waals surface area contributed by atoms with E-state index in [0.717, 1.165) is 49.9 Å². The zero-order valence-electron chi connectivity index (χ0n) is 17.1. The van der Waals surface area contributed by atoms with Gasteiger partial charge in [0.2, 0.25) is 5.91 Å². The Bertz CT molecular complexity index is 779. The van der Waals surface area contributed by atoms with Crippen LogP contribution < -0.4 is 14.8 Å². The molecule has 2 aromatic rings. The number of ether oxygens (including phenoxy) is 3. The number of amides is 1. The van der Waals surface area contributed by atoms with Gasteiger partial charge >= 0.3 is 0 Å². The van der Waals surface area contributed by atoms with Gasteiger partial charge in [0.05, 0.1) is 19.8 Å². The van der Waals surface area contributed by atoms with Crippen molar-refractivity contribution in [1.82, 2.24) is 10.2 Å². The van der Waals surface area contributed by atoms with Gasteiger partial charge in [-0.25, -0.2) is 0 Å². The van der Waals surface area contributed by atoms with Crippen LogP contribution in [-0.4, -0.2) is 56.9 Å². The average Bonchev–Trinajstić information content (AvgIpc) is 2.78. The van der Waals surface area contributed by atoms with E-state index in [-0.39, 0.29) is 5.91 Å². The van der Waals surface area contributed by atoms with Crippen molar-refractivity contribution in [3.05, 3.63) is 59.1 Å². The molecular weight excluding hydrogens is 404 g/mol. The summed E-state index contributed by atoms with van der Waals surface area (Å²) in [7, 11) is 0. The Kier molecular flexibility index (Phi) is 9.28. The van der Waals surface area contributed by atoms with Crippen molar-refractivity contribution in [3.8, 4) is 11.5 Å². The fraction of sp³-hybridized carbons (Fsp3) is 0.435. The van der Waals surface area contributed by atoms with Crippen molar-refractivity contribution >= 4 is 17.5 Å². The second kappa shape index (κ2) is 12.4. The predicted molar refractivity (Wildman–Crippen MR) is 117 cm³/mol. The van der Waals surface area contributed by atoms with Crippen LogP contribution in [0.3, 0.4) is 0 Å². The number of halogens is 1. The second-order valence-electron chi connectivity index (χ2n) is 7.13. The highest BCUT2D eigenvalue weighted by molar-refractivity contribution is 6.30. The van der Waals surface area contributed by atoms with Crippen LogP contribution in [0.4, 0.5) is 0 Å². The fourth-order valence-electron chi connectivity index (χ4n) is 3.11. The van der Waals surface area contributed by atoms with E-state index >= 15 is 0 Å². The highest BCUT2D eigenvalue weighted by Gasteiger charge is 2.10. The summed E-state index contributed by atoms with van der Waals surface area (Å²) in [5.74, 6) is 1.59. The zero-order valence-corrected chi connectivity index (χ0v) is 17.9. The number of hydrogen-bond donors (Lipinski definition) is 1. The lowest BCUT2D eigenvalue weighted by Crippen LogP contribution is -2.38. The molecule has 1 saturated heterocycles. The van der Waals surface area contributed by atoms with Crippen LogP contribution >= 0.6 is 11.6 Å². The summed E-state index contributed by atoms with van der Waals surface area (Å²) < 4.78 is 16.8. The summed E-state index contributed by atoms with van der Waals surface area (Å²) in [5.41, 5.74) is 1.02. The molecule has 1 heterocycles. The van der Waals surface area contributed by atoms with Crippen LogP contribution in [0, 0.1) is 0 Å². The third kappa shape index (κ3) is 8.22. The van der Waals surface area contributed by atoms with Gasteiger partial charge in [-0.15, -0.1) is 0 Å². The number of carbonyl (C=O) groups is 1. The Morgan fingerprint density at radius 1 is 1.03 bits per heavy atom. The summed E-state index contributed by atoms with van der Waals surface area (Å²) in [6.07, 6.45) is 1.07. The van der Waals surface area contributed by atoms with Gasteiger partial charge in [-0.3, -0.25) is 9.69 Å². The van der Waals surface area contributed by atoms with Crippen LogP contribution in [0.15, 0.2) is 48.5 Å². The number of morpholine rings is 1. The number of hydrogen-bond acceptors (Lipinski definition) is 5. The molecule has 0 aliphatic carbocycles. The van der Waals surface area contributed by atoms with Gasteiger partial charge in [0, 0.05) is 37.6 Å². The molecule has 6 nitrogen and oxygen atoms in total. The van der Waals surface area contributed by atoms with Crippen LogP contribution in [0.2, 0.25) is 5.02 Å². The first kappa shape index (κ1) is 22.4. The van der Waals surface area contributed by atoms with E-state index in [9.17, 15) is 4.79 Å². The molecule has 162 valence electrons. The molecule has 0 spiro atoms. The minimum absolute atomic E-state index is 0.00773. The minimum Gasteiger partial charge on any atom is -0.494 e. The summed E-state index contributed by atoms with van der Waals surface area (Å²) in [4.78, 5) is 14.4. The molecule has 1 fully saturated rings. The maximum Gasteiger partial charge on any atom is 0.220 e. The quantitative estimate of drug-likeness (QED) is 0.550. The van der Waals surface area contributed by atoms with Gasteiger partial charge in [0.1, 0.15) is 18.1 Å². The summed E-state index contributed by atoms with van der Waals surface area (Å²) >= 11 is 5.84. The number of nitrogens with zero attached hydrogens (tertiary/aromatic N) is 1. The summed E-state index contributed by atoms with van der Waals surface area (Å²) in [5, 5.41) is 3.62. The highest BCUT2D eigenvalue weighted by atomic mass is 35.5. The molecule has 0 atom stereocenters. The Morgan fingerprint density at radius 2 is 1.80 bits per heavy atom. The van der Waals surface area contributed by atoms with Crippen LogP contribution in [0.1, 0.15) is 18.4 Å². The molecule has 1 aliphatic heterocycles. The van der Waals surface area contributed by atoms with Crippen molar-refractivity contribution in [2.24, 2.45) is 0 Å². The van der Waals surface area contributed by atoms with E-state index in [1.165, 1.54) is 0 Å². The minimum atomic E-state index is 0.00773. The van der Waals surface area contributed by atoms with E-state index in [1.54, 1.807) is 12.1 Å². The molecule has 0 unspecified atom stereocenters. The van der Waals surface area contributed by atoms with Gasteiger partial charge < -0.3 is 19.5 Å². The molecule has 0 bridgehead atoms. The van der Waals surface area contributed by atoms with Crippen LogP contribution in [0.25, 0.3) is 0 Å².